The van der Waals surface area contributed by atoms with Gasteiger partial charge in [-0.15, -0.1) is 0 Å². The zero-order valence-electron chi connectivity index (χ0n) is 16.0. The topological polar surface area (TPSA) is 49.4 Å². The first kappa shape index (κ1) is 19.4. The van der Waals surface area contributed by atoms with Crippen LogP contribution in [0.15, 0.2) is 36.4 Å². The number of nitrogens with one attached hydrogen (secondary N) is 1. The number of hydrogen-bond donors (Lipinski definition) is 1. The van der Waals surface area contributed by atoms with Crippen molar-refractivity contribution in [1.82, 2.24) is 4.90 Å². The van der Waals surface area contributed by atoms with Crippen molar-refractivity contribution in [2.45, 2.75) is 33.6 Å². The highest BCUT2D eigenvalue weighted by Gasteiger charge is 2.28. The van der Waals surface area contributed by atoms with E-state index in [-0.39, 0.29) is 17.7 Å². The Labute approximate surface area is 165 Å². The molecule has 1 aliphatic heterocycles. The molecule has 0 aromatic heterocycles. The molecule has 1 fully saturated rings. The summed E-state index contributed by atoms with van der Waals surface area (Å²) in [6.45, 7) is 7.24. The van der Waals surface area contributed by atoms with Crippen molar-refractivity contribution in [2.75, 3.05) is 18.4 Å². The molecule has 0 spiro atoms. The van der Waals surface area contributed by atoms with Gasteiger partial charge in [-0.1, -0.05) is 35.4 Å². The average Bonchev–Trinajstić information content (AvgIpc) is 2.64. The first-order chi connectivity index (χ1) is 12.8. The molecule has 0 atom stereocenters. The molecule has 0 radical (unpaired) electrons. The molecule has 1 saturated heterocycles. The zero-order chi connectivity index (χ0) is 19.6. The second-order valence-corrected chi connectivity index (χ2v) is 7.78. The number of hydrogen-bond acceptors (Lipinski definition) is 2. The maximum absolute atomic E-state index is 12.7. The van der Waals surface area contributed by atoms with Gasteiger partial charge in [0.2, 0.25) is 5.91 Å². The van der Waals surface area contributed by atoms with Gasteiger partial charge in [-0.05, 0) is 62.9 Å². The second-order valence-electron chi connectivity index (χ2n) is 7.34. The normalized spacial score (nSPS) is 14.9. The fourth-order valence-corrected chi connectivity index (χ4v) is 3.94. The van der Waals surface area contributed by atoms with Crippen LogP contribution in [-0.4, -0.2) is 29.8 Å². The molecule has 5 heteroatoms. The third kappa shape index (κ3) is 4.51. The van der Waals surface area contributed by atoms with Crippen LogP contribution >= 0.6 is 11.6 Å². The van der Waals surface area contributed by atoms with Gasteiger partial charge in [0.25, 0.3) is 5.91 Å². The molecule has 4 nitrogen and oxygen atoms in total. The number of piperidine rings is 1. The van der Waals surface area contributed by atoms with Gasteiger partial charge in [0.1, 0.15) is 0 Å². The Balaban J connectivity index is 1.60. The van der Waals surface area contributed by atoms with Crippen molar-refractivity contribution >= 4 is 29.1 Å². The van der Waals surface area contributed by atoms with E-state index in [0.717, 1.165) is 16.8 Å². The van der Waals surface area contributed by atoms with E-state index in [2.05, 4.69) is 24.4 Å². The fourth-order valence-electron chi connectivity index (χ4n) is 3.75. The molecule has 3 rings (SSSR count). The molecule has 2 aromatic carbocycles. The number of aryl methyl sites for hydroxylation is 3. The molecule has 142 valence electrons. The fraction of sp³-hybridized carbons (Fsp3) is 0.364. The predicted molar refractivity (Wildman–Crippen MR) is 109 cm³/mol. The van der Waals surface area contributed by atoms with Crippen molar-refractivity contribution in [1.29, 1.82) is 0 Å². The van der Waals surface area contributed by atoms with E-state index in [1.165, 1.54) is 5.56 Å². The monoisotopic (exact) mass is 384 g/mol. The van der Waals surface area contributed by atoms with E-state index >= 15 is 0 Å². The first-order valence-electron chi connectivity index (χ1n) is 9.28. The lowest BCUT2D eigenvalue weighted by Gasteiger charge is -2.31. The van der Waals surface area contributed by atoms with Crippen molar-refractivity contribution in [2.24, 2.45) is 5.92 Å². The lowest BCUT2D eigenvalue weighted by molar-refractivity contribution is -0.121. The van der Waals surface area contributed by atoms with Crippen LogP contribution in [0.3, 0.4) is 0 Å². The van der Waals surface area contributed by atoms with E-state index in [9.17, 15) is 9.59 Å². The quantitative estimate of drug-likeness (QED) is 0.829. The number of likely N-dealkylation sites (tertiary alicyclic amines) is 1. The number of halogens is 1. The van der Waals surface area contributed by atoms with E-state index in [1.807, 2.05) is 13.8 Å². The predicted octanol–water partition coefficient (Wildman–Crippen LogP) is 4.76. The Bertz CT molecular complexity index is 847. The molecule has 1 heterocycles. The summed E-state index contributed by atoms with van der Waals surface area (Å²) in [5, 5.41) is 3.65. The molecule has 0 unspecified atom stereocenters. The van der Waals surface area contributed by atoms with Crippen LogP contribution < -0.4 is 5.32 Å². The maximum Gasteiger partial charge on any atom is 0.253 e. The summed E-state index contributed by atoms with van der Waals surface area (Å²) >= 11 is 5.98. The van der Waals surface area contributed by atoms with E-state index < -0.39 is 0 Å². The second kappa shape index (κ2) is 8.13. The van der Waals surface area contributed by atoms with Crippen LogP contribution in [0.2, 0.25) is 5.02 Å². The molecular formula is C22H25ClN2O2. The van der Waals surface area contributed by atoms with E-state index in [1.54, 1.807) is 29.2 Å². The summed E-state index contributed by atoms with van der Waals surface area (Å²) in [5.74, 6) is -0.0602. The van der Waals surface area contributed by atoms with Crippen molar-refractivity contribution in [3.05, 3.63) is 63.7 Å². The van der Waals surface area contributed by atoms with Gasteiger partial charge in [-0.25, -0.2) is 0 Å². The largest absolute Gasteiger partial charge is 0.339 e. The number of nitrogens with zero attached hydrogens (tertiary/aromatic N) is 1. The summed E-state index contributed by atoms with van der Waals surface area (Å²) in [7, 11) is 0. The highest BCUT2D eigenvalue weighted by molar-refractivity contribution is 6.30. The standard InChI is InChI=1S/C22H25ClN2O2/c1-14-11-15(2)20(16(3)12-14)24-21(26)17-7-9-25(10-8-17)22(27)18-5-4-6-19(23)13-18/h4-6,11-13,17H,7-10H2,1-3H3,(H,24,26). The molecule has 27 heavy (non-hydrogen) atoms. The maximum atomic E-state index is 12.7. The van der Waals surface area contributed by atoms with Crippen LogP contribution in [0.25, 0.3) is 0 Å². The van der Waals surface area contributed by atoms with Crippen molar-refractivity contribution in [3.63, 3.8) is 0 Å². The Morgan fingerprint density at radius 2 is 1.67 bits per heavy atom. The van der Waals surface area contributed by atoms with Gasteiger partial charge in [-0.3, -0.25) is 9.59 Å². The molecule has 0 saturated carbocycles. The minimum Gasteiger partial charge on any atom is -0.339 e. The molecule has 0 aliphatic carbocycles. The molecule has 2 aromatic rings. The van der Waals surface area contributed by atoms with Gasteiger partial charge in [0.15, 0.2) is 0 Å². The number of carbonyl (C=O) groups excluding carboxylic acids is 2. The highest BCUT2D eigenvalue weighted by Crippen LogP contribution is 2.25. The van der Waals surface area contributed by atoms with Crippen LogP contribution in [0.5, 0.6) is 0 Å². The molecule has 1 N–H and O–H groups in total. The summed E-state index contributed by atoms with van der Waals surface area (Å²) in [4.78, 5) is 27.1. The van der Waals surface area contributed by atoms with Crippen LogP contribution in [0, 0.1) is 26.7 Å². The van der Waals surface area contributed by atoms with Gasteiger partial charge in [-0.2, -0.15) is 0 Å². The lowest BCUT2D eigenvalue weighted by Crippen LogP contribution is -2.41. The molecule has 2 amide bonds. The number of carbonyl (C=O) groups is 2. The summed E-state index contributed by atoms with van der Waals surface area (Å²) in [6, 6.07) is 11.2. The number of anilines is 1. The average molecular weight is 385 g/mol. The minimum atomic E-state index is -0.0754. The van der Waals surface area contributed by atoms with Gasteiger partial charge in [0, 0.05) is 35.3 Å². The summed E-state index contributed by atoms with van der Waals surface area (Å²) in [6.07, 6.45) is 1.34. The third-order valence-corrected chi connectivity index (χ3v) is 5.38. The highest BCUT2D eigenvalue weighted by atomic mass is 35.5. The minimum absolute atomic E-state index is 0.0263. The van der Waals surface area contributed by atoms with Crippen LogP contribution in [-0.2, 0) is 4.79 Å². The zero-order valence-corrected chi connectivity index (χ0v) is 16.8. The van der Waals surface area contributed by atoms with Crippen LogP contribution in [0.4, 0.5) is 5.69 Å². The van der Waals surface area contributed by atoms with Crippen LogP contribution in [0.1, 0.15) is 39.9 Å². The molecule has 0 bridgehead atoms. The number of benzene rings is 2. The van der Waals surface area contributed by atoms with Gasteiger partial charge >= 0.3 is 0 Å². The smallest absolute Gasteiger partial charge is 0.253 e. The Kier molecular flexibility index (Phi) is 5.85. The van der Waals surface area contributed by atoms with Gasteiger partial charge < -0.3 is 10.2 Å². The van der Waals surface area contributed by atoms with Crippen molar-refractivity contribution in [3.8, 4) is 0 Å². The number of rotatable bonds is 3. The Morgan fingerprint density at radius 1 is 1.04 bits per heavy atom. The summed E-state index contributed by atoms with van der Waals surface area (Å²) in [5.41, 5.74) is 4.85. The molecule has 1 aliphatic rings. The van der Waals surface area contributed by atoms with E-state index in [0.29, 0.717) is 36.5 Å². The Morgan fingerprint density at radius 3 is 2.26 bits per heavy atom. The Hall–Kier alpha value is -2.33. The lowest BCUT2D eigenvalue weighted by atomic mass is 9.94. The van der Waals surface area contributed by atoms with Gasteiger partial charge in [0.05, 0.1) is 0 Å². The molecular weight excluding hydrogens is 360 g/mol. The van der Waals surface area contributed by atoms with Crippen molar-refractivity contribution < 1.29 is 9.59 Å². The first-order valence-corrected chi connectivity index (χ1v) is 9.66. The number of amides is 2. The summed E-state index contributed by atoms with van der Waals surface area (Å²) < 4.78 is 0. The third-order valence-electron chi connectivity index (χ3n) is 5.15. The van der Waals surface area contributed by atoms with E-state index in [4.69, 9.17) is 11.6 Å². The SMILES string of the molecule is Cc1cc(C)c(NC(=O)C2CCN(C(=O)c3cccc(Cl)c3)CC2)c(C)c1.